The monoisotopic (exact) mass is 406 g/mol. The van der Waals surface area contributed by atoms with Crippen LogP contribution in [0.1, 0.15) is 24.2 Å². The molecule has 1 aliphatic rings. The molecule has 0 unspecified atom stereocenters. The predicted octanol–water partition coefficient (Wildman–Crippen LogP) is 3.47. The Hall–Kier alpha value is -3.75. The van der Waals surface area contributed by atoms with Gasteiger partial charge in [0.05, 0.1) is 11.4 Å². The van der Waals surface area contributed by atoms with Crippen LogP contribution in [0.3, 0.4) is 0 Å². The van der Waals surface area contributed by atoms with Crippen LogP contribution in [0.2, 0.25) is 0 Å². The van der Waals surface area contributed by atoms with Crippen LogP contribution in [-0.2, 0) is 4.79 Å². The van der Waals surface area contributed by atoms with E-state index in [0.717, 1.165) is 23.4 Å². The molecule has 0 atom stereocenters. The summed E-state index contributed by atoms with van der Waals surface area (Å²) in [4.78, 5) is 38.3. The lowest BCUT2D eigenvalue weighted by Crippen LogP contribution is -2.37. The molecule has 3 aromatic rings. The number of carbonyl (C=O) groups is 2. The van der Waals surface area contributed by atoms with E-state index in [1.54, 1.807) is 43.7 Å². The normalized spacial score (nSPS) is 13.0. The molecule has 1 aliphatic carbocycles. The van der Waals surface area contributed by atoms with Gasteiger partial charge in [-0.05, 0) is 44.9 Å². The van der Waals surface area contributed by atoms with Gasteiger partial charge in [0.1, 0.15) is 29.5 Å². The van der Waals surface area contributed by atoms with Gasteiger partial charge >= 0.3 is 6.03 Å². The first-order valence-corrected chi connectivity index (χ1v) is 9.62. The number of pyridine rings is 2. The minimum atomic E-state index is -0.498. The summed E-state index contributed by atoms with van der Waals surface area (Å²) in [6, 6.07) is 6.41. The van der Waals surface area contributed by atoms with Crippen LogP contribution in [0.5, 0.6) is 11.5 Å². The lowest BCUT2D eigenvalue weighted by Gasteiger charge is -2.16. The third-order valence-electron chi connectivity index (χ3n) is 4.76. The quantitative estimate of drug-likeness (QED) is 0.696. The maximum atomic E-state index is 12.3. The Morgan fingerprint density at radius 3 is 2.67 bits per heavy atom. The molecule has 1 N–H and O–H groups in total. The van der Waals surface area contributed by atoms with E-state index in [1.165, 1.54) is 7.05 Å². The van der Waals surface area contributed by atoms with Gasteiger partial charge in [-0.25, -0.2) is 19.7 Å². The van der Waals surface area contributed by atoms with Gasteiger partial charge in [0, 0.05) is 31.4 Å². The Bertz CT molecular complexity index is 1110. The highest BCUT2D eigenvalue weighted by Crippen LogP contribution is 2.31. The average molecular weight is 406 g/mol. The number of hydrogen-bond donors (Lipinski definition) is 1. The van der Waals surface area contributed by atoms with Gasteiger partial charge in [-0.2, -0.15) is 0 Å². The van der Waals surface area contributed by atoms with Gasteiger partial charge in [-0.3, -0.25) is 19.6 Å². The summed E-state index contributed by atoms with van der Waals surface area (Å²) in [5, 5.41) is 2.65. The van der Waals surface area contributed by atoms with Crippen molar-refractivity contribution in [1.29, 1.82) is 0 Å². The van der Waals surface area contributed by atoms with Crippen molar-refractivity contribution in [2.45, 2.75) is 26.7 Å². The van der Waals surface area contributed by atoms with E-state index in [1.807, 2.05) is 17.7 Å². The standard InChI is InChI=1S/C21H22N6O3/c1-13-11-27(12-23-13)19-10-16(8-9-22-19)30-17-6-7-18(24-14(17)2)25-21(29)26(3)20(28)15-4-5-15/h6-12,15H,4-5H2,1-3H3,(H,24,25,29). The van der Waals surface area contributed by atoms with Crippen LogP contribution in [0, 0.1) is 19.8 Å². The zero-order valence-corrected chi connectivity index (χ0v) is 17.0. The molecule has 0 aliphatic heterocycles. The fourth-order valence-electron chi connectivity index (χ4n) is 2.90. The van der Waals surface area contributed by atoms with Crippen molar-refractivity contribution < 1.29 is 14.3 Å². The molecule has 0 aromatic carbocycles. The van der Waals surface area contributed by atoms with E-state index in [-0.39, 0.29) is 11.8 Å². The fourth-order valence-corrected chi connectivity index (χ4v) is 2.90. The second-order valence-electron chi connectivity index (χ2n) is 7.26. The van der Waals surface area contributed by atoms with Gasteiger partial charge in [-0.15, -0.1) is 0 Å². The number of carbonyl (C=O) groups excluding carboxylic acids is 2. The molecule has 3 amide bonds. The van der Waals surface area contributed by atoms with Crippen LogP contribution < -0.4 is 10.1 Å². The highest BCUT2D eigenvalue weighted by atomic mass is 16.5. The smallest absolute Gasteiger partial charge is 0.329 e. The Kier molecular flexibility index (Phi) is 5.18. The van der Waals surface area contributed by atoms with Crippen LogP contribution >= 0.6 is 0 Å². The molecule has 0 spiro atoms. The van der Waals surface area contributed by atoms with Crippen molar-refractivity contribution in [3.8, 4) is 17.3 Å². The Labute approximate surface area is 173 Å². The highest BCUT2D eigenvalue weighted by molar-refractivity contribution is 6.01. The molecular formula is C21H22N6O3. The van der Waals surface area contributed by atoms with Gasteiger partial charge in [0.25, 0.3) is 0 Å². The highest BCUT2D eigenvalue weighted by Gasteiger charge is 2.34. The second-order valence-corrected chi connectivity index (χ2v) is 7.26. The number of urea groups is 1. The van der Waals surface area contributed by atoms with Crippen LogP contribution in [0.25, 0.3) is 5.82 Å². The van der Waals surface area contributed by atoms with E-state index in [4.69, 9.17) is 4.74 Å². The fraction of sp³-hybridized carbons (Fsp3) is 0.286. The lowest BCUT2D eigenvalue weighted by molar-refractivity contribution is -0.128. The van der Waals surface area contributed by atoms with Crippen molar-refractivity contribution in [3.63, 3.8) is 0 Å². The first-order valence-electron chi connectivity index (χ1n) is 9.62. The zero-order valence-electron chi connectivity index (χ0n) is 17.0. The number of ether oxygens (including phenoxy) is 1. The summed E-state index contributed by atoms with van der Waals surface area (Å²) in [6.45, 7) is 3.69. The van der Waals surface area contributed by atoms with Crippen LogP contribution in [0.15, 0.2) is 43.0 Å². The Morgan fingerprint density at radius 2 is 2.00 bits per heavy atom. The molecule has 9 nitrogen and oxygen atoms in total. The third-order valence-corrected chi connectivity index (χ3v) is 4.76. The van der Waals surface area contributed by atoms with Gasteiger partial charge in [0.15, 0.2) is 0 Å². The number of aryl methyl sites for hydroxylation is 2. The average Bonchev–Trinajstić information content (AvgIpc) is 3.49. The van der Waals surface area contributed by atoms with Crippen molar-refractivity contribution in [2.24, 2.45) is 5.92 Å². The number of amides is 3. The molecule has 30 heavy (non-hydrogen) atoms. The summed E-state index contributed by atoms with van der Waals surface area (Å²) in [6.07, 6.45) is 6.91. The number of aromatic nitrogens is 4. The molecule has 3 heterocycles. The zero-order chi connectivity index (χ0) is 21.3. The summed E-state index contributed by atoms with van der Waals surface area (Å²) < 4.78 is 7.76. The van der Waals surface area contributed by atoms with Crippen molar-refractivity contribution in [1.82, 2.24) is 24.4 Å². The van der Waals surface area contributed by atoms with E-state index in [9.17, 15) is 9.59 Å². The first kappa shape index (κ1) is 19.6. The summed E-state index contributed by atoms with van der Waals surface area (Å²) in [7, 11) is 1.48. The number of imidazole rings is 1. The molecule has 1 fully saturated rings. The number of anilines is 1. The largest absolute Gasteiger partial charge is 0.455 e. The minimum Gasteiger partial charge on any atom is -0.455 e. The van der Waals surface area contributed by atoms with Crippen molar-refractivity contribution in [2.75, 3.05) is 12.4 Å². The molecule has 3 aromatic heterocycles. The number of rotatable bonds is 5. The SMILES string of the molecule is Cc1cn(-c2cc(Oc3ccc(NC(=O)N(C)C(=O)C4CC4)nc3C)ccn2)cn1. The van der Waals surface area contributed by atoms with Crippen molar-refractivity contribution in [3.05, 3.63) is 54.4 Å². The number of nitrogens with zero attached hydrogens (tertiary/aromatic N) is 5. The topological polar surface area (TPSA) is 102 Å². The number of imide groups is 1. The summed E-state index contributed by atoms with van der Waals surface area (Å²) in [5.74, 6) is 2.00. The second kappa shape index (κ2) is 7.94. The Balaban J connectivity index is 1.45. The number of nitrogens with one attached hydrogen (secondary N) is 1. The summed E-state index contributed by atoms with van der Waals surface area (Å²) in [5.41, 5.74) is 1.49. The summed E-state index contributed by atoms with van der Waals surface area (Å²) >= 11 is 0. The van der Waals surface area contributed by atoms with E-state index in [0.29, 0.717) is 28.8 Å². The van der Waals surface area contributed by atoms with E-state index >= 15 is 0 Å². The van der Waals surface area contributed by atoms with Crippen molar-refractivity contribution >= 4 is 17.8 Å². The molecule has 154 valence electrons. The number of hydrogen-bond acceptors (Lipinski definition) is 6. The van der Waals surface area contributed by atoms with Gasteiger partial charge in [0.2, 0.25) is 5.91 Å². The van der Waals surface area contributed by atoms with Crippen LogP contribution in [-0.4, -0.2) is 43.4 Å². The first-order chi connectivity index (χ1) is 14.4. The molecule has 0 saturated heterocycles. The molecule has 4 rings (SSSR count). The lowest BCUT2D eigenvalue weighted by atomic mass is 10.3. The molecule has 0 bridgehead atoms. The molecular weight excluding hydrogens is 384 g/mol. The third kappa shape index (κ3) is 4.29. The van der Waals surface area contributed by atoms with Crippen LogP contribution in [0.4, 0.5) is 10.6 Å². The minimum absolute atomic E-state index is 0.0253. The van der Waals surface area contributed by atoms with Gasteiger partial charge in [-0.1, -0.05) is 0 Å². The van der Waals surface area contributed by atoms with Gasteiger partial charge < -0.3 is 4.74 Å². The maximum Gasteiger partial charge on any atom is 0.329 e. The predicted molar refractivity (Wildman–Crippen MR) is 110 cm³/mol. The molecule has 9 heteroatoms. The Morgan fingerprint density at radius 1 is 1.20 bits per heavy atom. The molecule has 1 saturated carbocycles. The van der Waals surface area contributed by atoms with E-state index < -0.39 is 6.03 Å². The molecule has 0 radical (unpaired) electrons. The maximum absolute atomic E-state index is 12.3. The van der Waals surface area contributed by atoms with E-state index in [2.05, 4.69) is 20.3 Å².